The molecule has 0 heterocycles. The number of hydrogen-bond donors (Lipinski definition) is 1. The molecule has 0 amide bonds. The van der Waals surface area contributed by atoms with E-state index in [0.29, 0.717) is 18.6 Å². The van der Waals surface area contributed by atoms with Gasteiger partial charge in [-0.1, -0.05) is 41.9 Å². The highest BCUT2D eigenvalue weighted by atomic mass is 35.5. The van der Waals surface area contributed by atoms with Crippen molar-refractivity contribution in [2.24, 2.45) is 0 Å². The fourth-order valence-electron chi connectivity index (χ4n) is 2.15. The summed E-state index contributed by atoms with van der Waals surface area (Å²) in [6, 6.07) is 12.1. The Hall–Kier alpha value is -1.42. The van der Waals surface area contributed by atoms with E-state index in [2.05, 4.69) is 0 Å². The van der Waals surface area contributed by atoms with Crippen molar-refractivity contribution in [2.45, 2.75) is 19.1 Å². The van der Waals surface area contributed by atoms with Crippen LogP contribution >= 0.6 is 11.6 Å². The molecular formula is C16H16ClFO2. The molecule has 20 heavy (non-hydrogen) atoms. The summed E-state index contributed by atoms with van der Waals surface area (Å²) in [6.45, 7) is 0.433. The smallest absolute Gasteiger partial charge is 0.142 e. The van der Waals surface area contributed by atoms with Gasteiger partial charge in [0.25, 0.3) is 0 Å². The molecule has 1 unspecified atom stereocenters. The van der Waals surface area contributed by atoms with E-state index in [1.807, 2.05) is 24.3 Å². The monoisotopic (exact) mass is 294 g/mol. The number of aliphatic hydroxyl groups is 1. The first-order valence-electron chi connectivity index (χ1n) is 6.30. The lowest BCUT2D eigenvalue weighted by molar-refractivity contribution is 0.161. The first kappa shape index (κ1) is 15.0. The average molecular weight is 295 g/mol. The van der Waals surface area contributed by atoms with Crippen molar-refractivity contribution in [3.63, 3.8) is 0 Å². The second-order valence-corrected chi connectivity index (χ2v) is 5.01. The van der Waals surface area contributed by atoms with Gasteiger partial charge in [0.2, 0.25) is 0 Å². The molecule has 106 valence electrons. The largest absolute Gasteiger partial charge is 0.388 e. The van der Waals surface area contributed by atoms with E-state index in [1.165, 1.54) is 12.1 Å². The van der Waals surface area contributed by atoms with Crippen molar-refractivity contribution in [1.29, 1.82) is 0 Å². The maximum absolute atomic E-state index is 13.4. The Balaban J connectivity index is 2.19. The molecule has 2 aromatic carbocycles. The van der Waals surface area contributed by atoms with Crippen LogP contribution in [0.25, 0.3) is 0 Å². The number of aliphatic hydroxyl groups excluding tert-OH is 1. The van der Waals surface area contributed by atoms with Gasteiger partial charge >= 0.3 is 0 Å². The highest BCUT2D eigenvalue weighted by Gasteiger charge is 2.13. The molecule has 0 spiro atoms. The number of ether oxygens (including phenoxy) is 1. The minimum Gasteiger partial charge on any atom is -0.388 e. The fourth-order valence-corrected chi connectivity index (χ4v) is 2.26. The summed E-state index contributed by atoms with van der Waals surface area (Å²) >= 11 is 5.65. The molecule has 0 fully saturated rings. The molecule has 0 radical (unpaired) electrons. The van der Waals surface area contributed by atoms with Crippen LogP contribution in [0.1, 0.15) is 22.8 Å². The lowest BCUT2D eigenvalue weighted by Gasteiger charge is -2.15. The maximum Gasteiger partial charge on any atom is 0.142 e. The lowest BCUT2D eigenvalue weighted by atomic mass is 9.97. The van der Waals surface area contributed by atoms with Crippen molar-refractivity contribution in [2.75, 3.05) is 7.11 Å². The topological polar surface area (TPSA) is 29.5 Å². The van der Waals surface area contributed by atoms with Crippen LogP contribution < -0.4 is 0 Å². The predicted molar refractivity (Wildman–Crippen MR) is 77.2 cm³/mol. The van der Waals surface area contributed by atoms with Crippen molar-refractivity contribution < 1.29 is 14.2 Å². The molecule has 0 aromatic heterocycles. The zero-order chi connectivity index (χ0) is 14.5. The van der Waals surface area contributed by atoms with Crippen LogP contribution in [-0.2, 0) is 17.8 Å². The Morgan fingerprint density at radius 2 is 2.00 bits per heavy atom. The third kappa shape index (κ3) is 3.57. The highest BCUT2D eigenvalue weighted by Crippen LogP contribution is 2.24. The summed E-state index contributed by atoms with van der Waals surface area (Å²) in [6.07, 6.45) is -0.378. The maximum atomic E-state index is 13.4. The number of rotatable bonds is 5. The third-order valence-electron chi connectivity index (χ3n) is 3.13. The van der Waals surface area contributed by atoms with Crippen LogP contribution in [0.5, 0.6) is 0 Å². The quantitative estimate of drug-likeness (QED) is 0.906. The number of benzene rings is 2. The van der Waals surface area contributed by atoms with Crippen molar-refractivity contribution in [3.8, 4) is 0 Å². The van der Waals surface area contributed by atoms with E-state index in [1.54, 1.807) is 13.2 Å². The van der Waals surface area contributed by atoms with Crippen molar-refractivity contribution in [1.82, 2.24) is 0 Å². The molecule has 0 aliphatic heterocycles. The SMILES string of the molecule is COCc1ccccc1C(O)Cc1ccc(Cl)c(F)c1. The number of methoxy groups -OCH3 is 1. The summed E-state index contributed by atoms with van der Waals surface area (Å²) in [5.74, 6) is -0.471. The minimum absolute atomic E-state index is 0.0861. The van der Waals surface area contributed by atoms with Gasteiger partial charge in [0.15, 0.2) is 0 Å². The first-order chi connectivity index (χ1) is 9.61. The summed E-state index contributed by atoms with van der Waals surface area (Å²) in [5.41, 5.74) is 2.42. The molecule has 1 N–H and O–H groups in total. The van der Waals surface area contributed by atoms with Crippen LogP contribution in [0.15, 0.2) is 42.5 Å². The van der Waals surface area contributed by atoms with E-state index in [9.17, 15) is 9.50 Å². The molecule has 0 bridgehead atoms. The molecule has 4 heteroatoms. The van der Waals surface area contributed by atoms with E-state index in [0.717, 1.165) is 11.1 Å². The van der Waals surface area contributed by atoms with Crippen LogP contribution in [-0.4, -0.2) is 12.2 Å². The van der Waals surface area contributed by atoms with E-state index >= 15 is 0 Å². The van der Waals surface area contributed by atoms with Crippen molar-refractivity contribution >= 4 is 11.6 Å². The summed E-state index contributed by atoms with van der Waals surface area (Å²) < 4.78 is 18.5. The van der Waals surface area contributed by atoms with Gasteiger partial charge in [-0.2, -0.15) is 0 Å². The Labute approximate surface area is 122 Å². The van der Waals surface area contributed by atoms with E-state index in [-0.39, 0.29) is 5.02 Å². The Morgan fingerprint density at radius 1 is 1.25 bits per heavy atom. The van der Waals surface area contributed by atoms with Gasteiger partial charge < -0.3 is 9.84 Å². The van der Waals surface area contributed by atoms with Gasteiger partial charge in [0, 0.05) is 13.5 Å². The molecule has 2 nitrogen and oxygen atoms in total. The Kier molecular flexibility index (Phi) is 5.12. The number of halogens is 2. The predicted octanol–water partition coefficient (Wildman–Crippen LogP) is 3.90. The molecule has 1 atom stereocenters. The lowest BCUT2D eigenvalue weighted by Crippen LogP contribution is -2.06. The van der Waals surface area contributed by atoms with Gasteiger partial charge in [-0.15, -0.1) is 0 Å². The fraction of sp³-hybridized carbons (Fsp3) is 0.250. The van der Waals surface area contributed by atoms with Gasteiger partial charge in [-0.25, -0.2) is 4.39 Å². The summed E-state index contributed by atoms with van der Waals surface area (Å²) in [7, 11) is 1.61. The van der Waals surface area contributed by atoms with Crippen LogP contribution in [0.4, 0.5) is 4.39 Å². The second kappa shape index (κ2) is 6.84. The normalized spacial score (nSPS) is 12.4. The van der Waals surface area contributed by atoms with E-state index < -0.39 is 11.9 Å². The molecule has 2 aromatic rings. The van der Waals surface area contributed by atoms with Crippen LogP contribution in [0.3, 0.4) is 0 Å². The third-order valence-corrected chi connectivity index (χ3v) is 3.43. The van der Waals surface area contributed by atoms with Crippen LogP contribution in [0.2, 0.25) is 5.02 Å². The minimum atomic E-state index is -0.707. The molecular weight excluding hydrogens is 279 g/mol. The first-order valence-corrected chi connectivity index (χ1v) is 6.68. The van der Waals surface area contributed by atoms with Crippen LogP contribution in [0, 0.1) is 5.82 Å². The summed E-state index contributed by atoms with van der Waals surface area (Å²) in [4.78, 5) is 0. The van der Waals surface area contributed by atoms with Gasteiger partial charge in [-0.05, 0) is 28.8 Å². The molecule has 0 aliphatic rings. The highest BCUT2D eigenvalue weighted by molar-refractivity contribution is 6.30. The van der Waals surface area contributed by atoms with Gasteiger partial charge in [0.1, 0.15) is 5.82 Å². The zero-order valence-electron chi connectivity index (χ0n) is 11.1. The molecule has 0 saturated carbocycles. The zero-order valence-corrected chi connectivity index (χ0v) is 11.9. The van der Waals surface area contributed by atoms with Gasteiger partial charge in [-0.3, -0.25) is 0 Å². The Bertz CT molecular complexity index is 586. The molecule has 0 aliphatic carbocycles. The molecule has 0 saturated heterocycles. The Morgan fingerprint density at radius 3 is 2.70 bits per heavy atom. The number of hydrogen-bond acceptors (Lipinski definition) is 2. The standard InChI is InChI=1S/C16H16ClFO2/c1-20-10-12-4-2-3-5-13(12)16(19)9-11-6-7-14(17)15(18)8-11/h2-8,16,19H,9-10H2,1H3. The average Bonchev–Trinajstić information content (AvgIpc) is 2.44. The second-order valence-electron chi connectivity index (χ2n) is 4.60. The molecule has 2 rings (SSSR count). The van der Waals surface area contributed by atoms with E-state index in [4.69, 9.17) is 16.3 Å². The summed E-state index contributed by atoms with van der Waals surface area (Å²) in [5, 5.41) is 10.4. The van der Waals surface area contributed by atoms with Crippen molar-refractivity contribution in [3.05, 3.63) is 70.0 Å². The van der Waals surface area contributed by atoms with Gasteiger partial charge in [0.05, 0.1) is 17.7 Å².